The standard InChI is InChI=1S/C44H58N8O6/c1-7-30(2)40(52-23-22-50(43(52)57)26-34-18-13-14-31(3)46-34)41(55)48-37(24-32-15-9-8-10-16-32)38(53)28-51(27-35-21-20-33-17-11-12-19-36(33)47-35)49-39(54)25-44(4,5)29-45-42(56)58-6/h8-21,30,37-38,40,53H,7,22-29H2,1-6H3,(H,45,56)(H,48,55)(H,49,54). The highest BCUT2D eigenvalue weighted by Gasteiger charge is 2.41. The number of fused-ring (bicyclic) bond motifs is 1. The Hall–Kier alpha value is -5.60. The molecule has 14 nitrogen and oxygen atoms in total. The van der Waals surface area contributed by atoms with Crippen LogP contribution in [0.5, 0.6) is 0 Å². The molecular formula is C44H58N8O6. The molecule has 1 aliphatic rings. The predicted molar refractivity (Wildman–Crippen MR) is 222 cm³/mol. The highest BCUT2D eigenvalue weighted by molar-refractivity contribution is 5.88. The summed E-state index contributed by atoms with van der Waals surface area (Å²) < 4.78 is 4.70. The number of para-hydroxylation sites is 1. The number of carbonyl (C=O) groups is 4. The number of hydrogen-bond donors (Lipinski definition) is 4. The molecule has 0 spiro atoms. The van der Waals surface area contributed by atoms with Gasteiger partial charge in [-0.3, -0.25) is 25.0 Å². The van der Waals surface area contributed by atoms with Crippen molar-refractivity contribution in [2.75, 3.05) is 33.3 Å². The van der Waals surface area contributed by atoms with Gasteiger partial charge in [0.15, 0.2) is 0 Å². The normalized spacial score (nSPS) is 15.2. The van der Waals surface area contributed by atoms with Crippen molar-refractivity contribution >= 4 is 34.8 Å². The number of nitrogens with one attached hydrogen (secondary N) is 3. The molecule has 0 saturated carbocycles. The minimum Gasteiger partial charge on any atom is -0.453 e. The Bertz CT molecular complexity index is 2010. The van der Waals surface area contributed by atoms with Crippen LogP contribution in [-0.4, -0.2) is 105 Å². The maximum atomic E-state index is 14.5. The average molecular weight is 795 g/mol. The van der Waals surface area contributed by atoms with Crippen LogP contribution < -0.4 is 16.1 Å². The van der Waals surface area contributed by atoms with E-state index in [2.05, 4.69) is 21.0 Å². The molecule has 3 heterocycles. The Morgan fingerprint density at radius 3 is 2.41 bits per heavy atom. The minimum absolute atomic E-state index is 0.0519. The molecule has 58 heavy (non-hydrogen) atoms. The van der Waals surface area contributed by atoms with Crippen LogP contribution >= 0.6 is 0 Å². The lowest BCUT2D eigenvalue weighted by Gasteiger charge is -2.35. The topological polar surface area (TPSA) is 169 Å². The molecule has 1 fully saturated rings. The van der Waals surface area contributed by atoms with E-state index >= 15 is 0 Å². The summed E-state index contributed by atoms with van der Waals surface area (Å²) in [6.45, 7) is 11.0. The maximum Gasteiger partial charge on any atom is 0.406 e. The number of aryl methyl sites for hydroxylation is 1. The molecule has 310 valence electrons. The first-order chi connectivity index (χ1) is 27.7. The maximum absolute atomic E-state index is 14.5. The van der Waals surface area contributed by atoms with Gasteiger partial charge in [-0.15, -0.1) is 0 Å². The van der Waals surface area contributed by atoms with E-state index < -0.39 is 29.7 Å². The smallest absolute Gasteiger partial charge is 0.406 e. The van der Waals surface area contributed by atoms with Crippen molar-refractivity contribution < 1.29 is 29.0 Å². The monoisotopic (exact) mass is 794 g/mol. The molecule has 14 heteroatoms. The second-order valence-corrected chi connectivity index (χ2v) is 16.0. The second kappa shape index (κ2) is 20.2. The molecule has 2 aromatic carbocycles. The summed E-state index contributed by atoms with van der Waals surface area (Å²) in [5.74, 6) is -0.866. The van der Waals surface area contributed by atoms with Gasteiger partial charge in [0.25, 0.3) is 0 Å². The van der Waals surface area contributed by atoms with Gasteiger partial charge in [0, 0.05) is 43.7 Å². The van der Waals surface area contributed by atoms with E-state index in [4.69, 9.17) is 9.72 Å². The van der Waals surface area contributed by atoms with Crippen LogP contribution in [0.15, 0.2) is 84.9 Å². The molecule has 4 aromatic rings. The number of hydrazine groups is 1. The Morgan fingerprint density at radius 2 is 1.69 bits per heavy atom. The quantitative estimate of drug-likeness (QED) is 0.0957. The van der Waals surface area contributed by atoms with Crippen LogP contribution in [-0.2, 0) is 33.8 Å². The van der Waals surface area contributed by atoms with Crippen molar-refractivity contribution in [3.63, 3.8) is 0 Å². The van der Waals surface area contributed by atoms with E-state index in [0.717, 1.165) is 27.9 Å². The number of methoxy groups -OCH3 is 1. The number of aromatic nitrogens is 2. The van der Waals surface area contributed by atoms with Gasteiger partial charge >= 0.3 is 12.1 Å². The van der Waals surface area contributed by atoms with Gasteiger partial charge in [0.2, 0.25) is 11.8 Å². The summed E-state index contributed by atoms with van der Waals surface area (Å²) in [6, 6.07) is 25.0. The van der Waals surface area contributed by atoms with Crippen molar-refractivity contribution in [3.8, 4) is 0 Å². The van der Waals surface area contributed by atoms with Gasteiger partial charge in [-0.25, -0.2) is 14.6 Å². The number of aliphatic hydroxyl groups excluding tert-OH is 1. The Balaban J connectivity index is 1.37. The highest BCUT2D eigenvalue weighted by atomic mass is 16.5. The van der Waals surface area contributed by atoms with Crippen molar-refractivity contribution in [1.29, 1.82) is 0 Å². The van der Waals surface area contributed by atoms with Crippen LogP contribution in [0, 0.1) is 18.3 Å². The summed E-state index contributed by atoms with van der Waals surface area (Å²) in [5, 5.41) is 20.5. The van der Waals surface area contributed by atoms with Gasteiger partial charge in [0.05, 0.1) is 49.2 Å². The Kier molecular flexibility index (Phi) is 15.2. The molecule has 4 N–H and O–H groups in total. The molecule has 0 radical (unpaired) electrons. The fourth-order valence-electron chi connectivity index (χ4n) is 7.23. The van der Waals surface area contributed by atoms with Crippen molar-refractivity contribution in [2.24, 2.45) is 11.3 Å². The summed E-state index contributed by atoms with van der Waals surface area (Å²) in [6.07, 6.45) is -0.765. The summed E-state index contributed by atoms with van der Waals surface area (Å²) in [4.78, 5) is 66.5. The lowest BCUT2D eigenvalue weighted by molar-refractivity contribution is -0.131. The number of benzene rings is 2. The lowest BCUT2D eigenvalue weighted by Crippen LogP contribution is -2.58. The number of pyridine rings is 2. The average Bonchev–Trinajstić information content (AvgIpc) is 3.54. The SMILES string of the molecule is CCC(C)C(C(=O)NC(Cc1ccccc1)C(O)CN(Cc1ccc2ccccc2n1)NC(=O)CC(C)(C)CNC(=O)OC)N1CCN(Cc2cccc(C)n2)C1=O. The molecule has 1 aliphatic heterocycles. The number of aliphatic hydroxyl groups is 1. The molecular weight excluding hydrogens is 737 g/mol. The van der Waals surface area contributed by atoms with Gasteiger partial charge in [0.1, 0.15) is 6.04 Å². The minimum atomic E-state index is -1.17. The predicted octanol–water partition coefficient (Wildman–Crippen LogP) is 4.98. The van der Waals surface area contributed by atoms with E-state index in [0.29, 0.717) is 38.2 Å². The lowest BCUT2D eigenvalue weighted by atomic mass is 9.89. The first-order valence-corrected chi connectivity index (χ1v) is 20.0. The third-order valence-electron chi connectivity index (χ3n) is 10.5. The van der Waals surface area contributed by atoms with Crippen LogP contribution in [0.2, 0.25) is 0 Å². The number of ether oxygens (including phenoxy) is 1. The number of rotatable bonds is 19. The van der Waals surface area contributed by atoms with E-state index in [1.54, 1.807) is 14.8 Å². The number of alkyl carbamates (subject to hydrolysis) is 1. The fraction of sp³-hybridized carbons (Fsp3) is 0.455. The third-order valence-corrected chi connectivity index (χ3v) is 10.5. The summed E-state index contributed by atoms with van der Waals surface area (Å²) in [7, 11) is 1.28. The molecule has 0 aliphatic carbocycles. The van der Waals surface area contributed by atoms with Gasteiger partial charge < -0.3 is 30.3 Å². The Labute approximate surface area is 341 Å². The molecule has 5 amide bonds. The summed E-state index contributed by atoms with van der Waals surface area (Å²) >= 11 is 0. The third kappa shape index (κ3) is 12.2. The van der Waals surface area contributed by atoms with E-state index in [9.17, 15) is 24.3 Å². The molecule has 2 aromatic heterocycles. The zero-order valence-electron chi connectivity index (χ0n) is 34.5. The molecule has 4 atom stereocenters. The van der Waals surface area contributed by atoms with Crippen LogP contribution in [0.25, 0.3) is 10.9 Å². The number of nitrogens with zero attached hydrogens (tertiary/aromatic N) is 5. The van der Waals surface area contributed by atoms with Gasteiger partial charge in [-0.2, -0.15) is 0 Å². The number of hydrogen-bond acceptors (Lipinski definition) is 9. The Morgan fingerprint density at radius 1 is 0.948 bits per heavy atom. The van der Waals surface area contributed by atoms with Crippen LogP contribution in [0.4, 0.5) is 9.59 Å². The second-order valence-electron chi connectivity index (χ2n) is 16.0. The largest absolute Gasteiger partial charge is 0.453 e. The van der Waals surface area contributed by atoms with Crippen molar-refractivity contribution in [1.82, 2.24) is 40.8 Å². The highest BCUT2D eigenvalue weighted by Crippen LogP contribution is 2.24. The number of urea groups is 1. The van der Waals surface area contributed by atoms with E-state index in [-0.39, 0.29) is 49.8 Å². The number of amides is 5. The molecule has 1 saturated heterocycles. The zero-order valence-corrected chi connectivity index (χ0v) is 34.5. The van der Waals surface area contributed by atoms with E-state index in [1.807, 2.05) is 120 Å². The fourth-order valence-corrected chi connectivity index (χ4v) is 7.23. The van der Waals surface area contributed by atoms with Crippen molar-refractivity contribution in [2.45, 2.75) is 85.2 Å². The van der Waals surface area contributed by atoms with Crippen LogP contribution in [0.3, 0.4) is 0 Å². The zero-order chi connectivity index (χ0) is 41.8. The first-order valence-electron chi connectivity index (χ1n) is 20.0. The number of carbonyl (C=O) groups excluding carboxylic acids is 4. The molecule has 0 bridgehead atoms. The van der Waals surface area contributed by atoms with Gasteiger partial charge in [-0.05, 0) is 54.5 Å². The van der Waals surface area contributed by atoms with Gasteiger partial charge in [-0.1, -0.05) is 94.8 Å². The van der Waals surface area contributed by atoms with Crippen molar-refractivity contribution in [3.05, 3.63) is 108 Å². The van der Waals surface area contributed by atoms with E-state index in [1.165, 1.54) is 7.11 Å². The van der Waals surface area contributed by atoms with Crippen LogP contribution in [0.1, 0.15) is 63.2 Å². The molecule has 4 unspecified atom stereocenters. The molecule has 5 rings (SSSR count). The summed E-state index contributed by atoms with van der Waals surface area (Å²) in [5.41, 5.74) is 6.34. The first kappa shape index (κ1) is 43.5.